The summed E-state index contributed by atoms with van der Waals surface area (Å²) >= 11 is 0. The number of H-pyrrole nitrogens is 1. The summed E-state index contributed by atoms with van der Waals surface area (Å²) in [6.07, 6.45) is 11.1. The first kappa shape index (κ1) is 17.2. The first-order chi connectivity index (χ1) is 12.8. The Bertz CT molecular complexity index is 743. The summed E-state index contributed by atoms with van der Waals surface area (Å²) in [6.45, 7) is 2.95. The van der Waals surface area contributed by atoms with Gasteiger partial charge in [0, 0.05) is 18.4 Å². The van der Waals surface area contributed by atoms with E-state index >= 15 is 0 Å². The van der Waals surface area contributed by atoms with E-state index in [1.165, 1.54) is 25.7 Å². The summed E-state index contributed by atoms with van der Waals surface area (Å²) in [6, 6.07) is 0. The fourth-order valence-electron chi connectivity index (χ4n) is 3.99. The molecule has 2 saturated carbocycles. The van der Waals surface area contributed by atoms with Gasteiger partial charge in [0.15, 0.2) is 5.82 Å². The Morgan fingerprint density at radius 3 is 2.65 bits per heavy atom. The van der Waals surface area contributed by atoms with Gasteiger partial charge in [0.1, 0.15) is 0 Å². The van der Waals surface area contributed by atoms with Crippen molar-refractivity contribution in [1.82, 2.24) is 25.2 Å². The van der Waals surface area contributed by atoms with E-state index in [-0.39, 0.29) is 5.91 Å². The van der Waals surface area contributed by atoms with Crippen LogP contribution in [0.4, 0.5) is 0 Å². The molecule has 0 saturated heterocycles. The van der Waals surface area contributed by atoms with Crippen LogP contribution >= 0.6 is 0 Å². The zero-order valence-corrected chi connectivity index (χ0v) is 15.4. The molecule has 26 heavy (non-hydrogen) atoms. The Hall–Kier alpha value is -2.18. The van der Waals surface area contributed by atoms with E-state index in [9.17, 15) is 4.79 Å². The predicted octanol–water partition coefficient (Wildman–Crippen LogP) is 3.77. The summed E-state index contributed by atoms with van der Waals surface area (Å²) < 4.78 is 5.39. The molecule has 2 aromatic rings. The molecule has 7 nitrogen and oxygen atoms in total. The average Bonchev–Trinajstić information content (AvgIpc) is 3.28. The highest BCUT2D eigenvalue weighted by molar-refractivity contribution is 5.95. The van der Waals surface area contributed by atoms with Gasteiger partial charge in [0.2, 0.25) is 5.89 Å². The predicted molar refractivity (Wildman–Crippen MR) is 95.7 cm³/mol. The number of aromatic nitrogens is 4. The molecule has 0 aromatic carbocycles. The third kappa shape index (κ3) is 3.39. The van der Waals surface area contributed by atoms with E-state index in [1.54, 1.807) is 11.1 Å². The van der Waals surface area contributed by atoms with Crippen LogP contribution in [0.25, 0.3) is 0 Å². The molecule has 2 aliphatic carbocycles. The van der Waals surface area contributed by atoms with Crippen molar-refractivity contribution in [3.63, 3.8) is 0 Å². The van der Waals surface area contributed by atoms with Crippen LogP contribution in [0.15, 0.2) is 10.7 Å². The van der Waals surface area contributed by atoms with Gasteiger partial charge in [-0.05, 0) is 32.6 Å². The molecule has 2 aliphatic rings. The number of carbonyl (C=O) groups is 1. The molecule has 0 atom stereocenters. The molecule has 2 heterocycles. The monoisotopic (exact) mass is 357 g/mol. The standard InChI is InChI=1S/C19H27N5O2/c1-2-24(12-16-21-18(26-23-16)14-9-6-10-14)19(25)15-11-20-22-17(15)13-7-4-3-5-8-13/h11,13-14H,2-10,12H2,1H3,(H,20,22). The van der Waals surface area contributed by atoms with Gasteiger partial charge >= 0.3 is 0 Å². The average molecular weight is 357 g/mol. The maximum Gasteiger partial charge on any atom is 0.257 e. The lowest BCUT2D eigenvalue weighted by molar-refractivity contribution is 0.0745. The zero-order chi connectivity index (χ0) is 17.9. The highest BCUT2D eigenvalue weighted by Crippen LogP contribution is 2.35. The van der Waals surface area contributed by atoms with E-state index in [0.717, 1.165) is 37.3 Å². The van der Waals surface area contributed by atoms with Gasteiger partial charge in [-0.2, -0.15) is 10.1 Å². The van der Waals surface area contributed by atoms with Crippen LogP contribution in [-0.2, 0) is 6.54 Å². The van der Waals surface area contributed by atoms with Gasteiger partial charge in [0.05, 0.1) is 24.0 Å². The largest absolute Gasteiger partial charge is 0.339 e. The lowest BCUT2D eigenvalue weighted by atomic mass is 9.85. The number of aromatic amines is 1. The van der Waals surface area contributed by atoms with E-state index in [4.69, 9.17) is 4.52 Å². The molecule has 7 heteroatoms. The first-order valence-electron chi connectivity index (χ1n) is 9.91. The maximum atomic E-state index is 13.1. The topological polar surface area (TPSA) is 87.9 Å². The third-order valence-corrected chi connectivity index (χ3v) is 5.85. The molecule has 0 aliphatic heterocycles. The Kier molecular flexibility index (Phi) is 5.04. The summed E-state index contributed by atoms with van der Waals surface area (Å²) in [5.74, 6) is 2.13. The van der Waals surface area contributed by atoms with Crippen molar-refractivity contribution in [2.75, 3.05) is 6.54 Å². The molecule has 1 N–H and O–H groups in total. The van der Waals surface area contributed by atoms with Gasteiger partial charge in [0.25, 0.3) is 5.91 Å². The van der Waals surface area contributed by atoms with Crippen LogP contribution < -0.4 is 0 Å². The zero-order valence-electron chi connectivity index (χ0n) is 15.4. The van der Waals surface area contributed by atoms with E-state index in [0.29, 0.717) is 36.3 Å². The van der Waals surface area contributed by atoms with Gasteiger partial charge in [-0.25, -0.2) is 0 Å². The Labute approximate surface area is 153 Å². The Balaban J connectivity index is 1.47. The molecule has 1 amide bonds. The highest BCUT2D eigenvalue weighted by atomic mass is 16.5. The Morgan fingerprint density at radius 1 is 1.19 bits per heavy atom. The van der Waals surface area contributed by atoms with Crippen LogP contribution in [0.1, 0.15) is 97.9 Å². The smallest absolute Gasteiger partial charge is 0.257 e. The molecular formula is C19H27N5O2. The second kappa shape index (κ2) is 7.60. The molecule has 2 fully saturated rings. The molecule has 0 bridgehead atoms. The van der Waals surface area contributed by atoms with Crippen LogP contribution in [0.5, 0.6) is 0 Å². The molecule has 4 rings (SSSR count). The molecule has 0 spiro atoms. The quantitative estimate of drug-likeness (QED) is 0.850. The second-order valence-electron chi connectivity index (χ2n) is 7.53. The normalized spacial score (nSPS) is 18.7. The van der Waals surface area contributed by atoms with Gasteiger partial charge in [-0.15, -0.1) is 0 Å². The fourth-order valence-corrected chi connectivity index (χ4v) is 3.99. The third-order valence-electron chi connectivity index (χ3n) is 5.85. The summed E-state index contributed by atoms with van der Waals surface area (Å²) in [7, 11) is 0. The molecule has 0 radical (unpaired) electrons. The van der Waals surface area contributed by atoms with Crippen LogP contribution in [0, 0.1) is 0 Å². The van der Waals surface area contributed by atoms with Gasteiger partial charge in [-0.1, -0.05) is 30.8 Å². The Morgan fingerprint density at radius 2 is 1.96 bits per heavy atom. The first-order valence-corrected chi connectivity index (χ1v) is 9.91. The van der Waals surface area contributed by atoms with Crippen LogP contribution in [0.2, 0.25) is 0 Å². The molecular weight excluding hydrogens is 330 g/mol. The van der Waals surface area contributed by atoms with Crippen molar-refractivity contribution in [3.8, 4) is 0 Å². The van der Waals surface area contributed by atoms with Gasteiger partial charge < -0.3 is 9.42 Å². The number of carbonyl (C=O) groups excluding carboxylic acids is 1. The van der Waals surface area contributed by atoms with Crippen molar-refractivity contribution in [2.24, 2.45) is 0 Å². The minimum absolute atomic E-state index is 0.00295. The van der Waals surface area contributed by atoms with E-state index in [1.807, 2.05) is 6.92 Å². The number of rotatable bonds is 6. The van der Waals surface area contributed by atoms with Crippen LogP contribution in [-0.4, -0.2) is 37.7 Å². The van der Waals surface area contributed by atoms with Crippen molar-refractivity contribution in [3.05, 3.63) is 29.2 Å². The minimum Gasteiger partial charge on any atom is -0.339 e. The maximum absolute atomic E-state index is 13.1. The molecule has 140 valence electrons. The number of nitrogens with one attached hydrogen (secondary N) is 1. The number of nitrogens with zero attached hydrogens (tertiary/aromatic N) is 4. The summed E-state index contributed by atoms with van der Waals surface area (Å²) in [4.78, 5) is 19.4. The minimum atomic E-state index is -0.00295. The van der Waals surface area contributed by atoms with E-state index < -0.39 is 0 Å². The van der Waals surface area contributed by atoms with Crippen molar-refractivity contribution in [1.29, 1.82) is 0 Å². The molecule has 2 aromatic heterocycles. The summed E-state index contributed by atoms with van der Waals surface area (Å²) in [5, 5.41) is 11.3. The lowest BCUT2D eigenvalue weighted by Gasteiger charge is -2.23. The summed E-state index contributed by atoms with van der Waals surface area (Å²) in [5.41, 5.74) is 1.69. The SMILES string of the molecule is CCN(Cc1noc(C2CCC2)n1)C(=O)c1cn[nH]c1C1CCCCC1. The van der Waals surface area contributed by atoms with Crippen molar-refractivity contribution < 1.29 is 9.32 Å². The number of hydrogen-bond donors (Lipinski definition) is 1. The van der Waals surface area contributed by atoms with Crippen molar-refractivity contribution >= 4 is 5.91 Å². The number of hydrogen-bond acceptors (Lipinski definition) is 5. The molecule has 0 unspecified atom stereocenters. The van der Waals surface area contributed by atoms with Crippen LogP contribution in [0.3, 0.4) is 0 Å². The fraction of sp³-hybridized carbons (Fsp3) is 0.684. The lowest BCUT2D eigenvalue weighted by Crippen LogP contribution is -2.31. The second-order valence-corrected chi connectivity index (χ2v) is 7.53. The van der Waals surface area contributed by atoms with E-state index in [2.05, 4.69) is 20.3 Å². The highest BCUT2D eigenvalue weighted by Gasteiger charge is 2.28. The van der Waals surface area contributed by atoms with Crippen molar-refractivity contribution in [2.45, 2.75) is 76.7 Å². The number of amides is 1. The van der Waals surface area contributed by atoms with Gasteiger partial charge in [-0.3, -0.25) is 9.89 Å².